The van der Waals surface area contributed by atoms with Gasteiger partial charge in [-0.05, 0) is 32.4 Å². The molecule has 1 fully saturated rings. The van der Waals surface area contributed by atoms with E-state index < -0.39 is 31.3 Å². The second kappa shape index (κ2) is 6.04. The maximum Gasteiger partial charge on any atom is 0.272 e. The maximum atomic E-state index is 13.8. The zero-order valence-corrected chi connectivity index (χ0v) is 12.2. The minimum Gasteiger partial charge on any atom is -0.313 e. The van der Waals surface area contributed by atoms with Crippen molar-refractivity contribution in [2.24, 2.45) is 0 Å². The van der Waals surface area contributed by atoms with Gasteiger partial charge in [-0.25, -0.2) is 17.5 Å². The molecule has 1 aromatic carbocycles. The van der Waals surface area contributed by atoms with Crippen molar-refractivity contribution in [2.45, 2.75) is 36.7 Å². The van der Waals surface area contributed by atoms with Crippen molar-refractivity contribution >= 4 is 15.7 Å². The van der Waals surface area contributed by atoms with E-state index in [-0.39, 0.29) is 12.1 Å². The lowest BCUT2D eigenvalue weighted by Gasteiger charge is -2.30. The molecule has 0 spiro atoms. The van der Waals surface area contributed by atoms with Crippen LogP contribution in [0.1, 0.15) is 19.8 Å². The highest BCUT2D eigenvalue weighted by Gasteiger charge is 2.28. The van der Waals surface area contributed by atoms with Crippen LogP contribution in [0.2, 0.25) is 0 Å². The van der Waals surface area contributed by atoms with Crippen molar-refractivity contribution in [1.82, 2.24) is 10.0 Å². The van der Waals surface area contributed by atoms with Gasteiger partial charge >= 0.3 is 0 Å². The topological polar surface area (TPSA) is 101 Å². The molecule has 1 aliphatic heterocycles. The third-order valence-electron chi connectivity index (χ3n) is 3.48. The van der Waals surface area contributed by atoms with Crippen LogP contribution in [0, 0.1) is 15.9 Å². The van der Waals surface area contributed by atoms with E-state index in [1.165, 1.54) is 0 Å². The van der Waals surface area contributed by atoms with Crippen LogP contribution < -0.4 is 10.0 Å². The molecule has 21 heavy (non-hydrogen) atoms. The van der Waals surface area contributed by atoms with Gasteiger partial charge in [0, 0.05) is 18.2 Å². The molecule has 7 nitrogen and oxygen atoms in total. The van der Waals surface area contributed by atoms with Crippen molar-refractivity contribution in [3.8, 4) is 0 Å². The van der Waals surface area contributed by atoms with Gasteiger partial charge in [-0.15, -0.1) is 0 Å². The largest absolute Gasteiger partial charge is 0.313 e. The SMILES string of the molecule is CC1NCCCC1NS(=O)(=O)c1ccc([N+](=O)[O-])cc1F. The van der Waals surface area contributed by atoms with Crippen LogP contribution in [0.25, 0.3) is 0 Å². The third-order valence-corrected chi connectivity index (χ3v) is 5.01. The van der Waals surface area contributed by atoms with E-state index in [1.54, 1.807) is 0 Å². The molecule has 0 bridgehead atoms. The summed E-state index contributed by atoms with van der Waals surface area (Å²) < 4.78 is 40.7. The minimum atomic E-state index is -4.05. The molecule has 1 saturated heterocycles. The monoisotopic (exact) mass is 317 g/mol. The highest BCUT2D eigenvalue weighted by Crippen LogP contribution is 2.21. The van der Waals surface area contributed by atoms with Crippen molar-refractivity contribution < 1.29 is 17.7 Å². The Morgan fingerprint density at radius 1 is 1.48 bits per heavy atom. The first-order valence-electron chi connectivity index (χ1n) is 6.51. The van der Waals surface area contributed by atoms with Gasteiger partial charge in [0.1, 0.15) is 10.7 Å². The number of hydrogen-bond donors (Lipinski definition) is 2. The minimum absolute atomic E-state index is 0.0605. The summed E-state index contributed by atoms with van der Waals surface area (Å²) in [5.74, 6) is -1.13. The van der Waals surface area contributed by atoms with E-state index in [9.17, 15) is 22.9 Å². The fraction of sp³-hybridized carbons (Fsp3) is 0.500. The van der Waals surface area contributed by atoms with Gasteiger partial charge in [0.05, 0.1) is 11.0 Å². The molecule has 1 aromatic rings. The molecule has 9 heteroatoms. The van der Waals surface area contributed by atoms with Crippen LogP contribution in [0.3, 0.4) is 0 Å². The van der Waals surface area contributed by atoms with Crippen molar-refractivity contribution in [2.75, 3.05) is 6.54 Å². The van der Waals surface area contributed by atoms with Crippen LogP contribution in [-0.2, 0) is 10.0 Å². The summed E-state index contributed by atoms with van der Waals surface area (Å²) in [7, 11) is -4.05. The number of nitrogens with zero attached hydrogens (tertiary/aromatic N) is 1. The fourth-order valence-electron chi connectivity index (χ4n) is 2.29. The summed E-state index contributed by atoms with van der Waals surface area (Å²) >= 11 is 0. The molecule has 0 saturated carbocycles. The highest BCUT2D eigenvalue weighted by molar-refractivity contribution is 7.89. The molecule has 2 rings (SSSR count). The number of nitro groups is 1. The molecule has 2 N–H and O–H groups in total. The molecule has 0 radical (unpaired) electrons. The van der Waals surface area contributed by atoms with Gasteiger partial charge in [0.15, 0.2) is 0 Å². The zero-order chi connectivity index (χ0) is 15.6. The predicted octanol–water partition coefficient (Wildman–Crippen LogP) is 1.15. The van der Waals surface area contributed by atoms with E-state index in [1.807, 2.05) is 6.92 Å². The molecule has 0 amide bonds. The first-order valence-corrected chi connectivity index (χ1v) is 7.99. The number of nitrogens with one attached hydrogen (secondary N) is 2. The summed E-state index contributed by atoms with van der Waals surface area (Å²) in [5, 5.41) is 13.7. The maximum absolute atomic E-state index is 13.8. The van der Waals surface area contributed by atoms with E-state index in [0.717, 1.165) is 25.1 Å². The van der Waals surface area contributed by atoms with E-state index in [4.69, 9.17) is 0 Å². The quantitative estimate of drug-likeness (QED) is 0.641. The van der Waals surface area contributed by atoms with Crippen LogP contribution in [0.15, 0.2) is 23.1 Å². The van der Waals surface area contributed by atoms with Gasteiger partial charge < -0.3 is 5.32 Å². The molecule has 116 valence electrons. The molecule has 1 heterocycles. The molecule has 2 unspecified atom stereocenters. The number of benzene rings is 1. The number of sulfonamides is 1. The van der Waals surface area contributed by atoms with Crippen molar-refractivity contribution in [3.63, 3.8) is 0 Å². The smallest absolute Gasteiger partial charge is 0.272 e. The molecule has 1 aliphatic rings. The normalized spacial score (nSPS) is 23.0. The Morgan fingerprint density at radius 3 is 2.76 bits per heavy atom. The Balaban J connectivity index is 2.25. The van der Waals surface area contributed by atoms with Gasteiger partial charge in [-0.3, -0.25) is 10.1 Å². The van der Waals surface area contributed by atoms with Crippen LogP contribution in [0.4, 0.5) is 10.1 Å². The third kappa shape index (κ3) is 3.55. The lowest BCUT2D eigenvalue weighted by atomic mass is 10.0. The highest BCUT2D eigenvalue weighted by atomic mass is 32.2. The molecule has 2 atom stereocenters. The van der Waals surface area contributed by atoms with E-state index in [2.05, 4.69) is 10.0 Å². The summed E-state index contributed by atoms with van der Waals surface area (Å²) in [6.45, 7) is 2.66. The molecular formula is C12H16FN3O4S. The van der Waals surface area contributed by atoms with Crippen LogP contribution in [-0.4, -0.2) is 32.0 Å². The second-order valence-electron chi connectivity index (χ2n) is 4.98. The summed E-state index contributed by atoms with van der Waals surface area (Å²) in [6.07, 6.45) is 1.47. The Labute approximate surface area is 121 Å². The number of nitro benzene ring substituents is 1. The summed E-state index contributed by atoms with van der Waals surface area (Å²) in [5.41, 5.74) is -0.487. The Morgan fingerprint density at radius 2 is 2.19 bits per heavy atom. The number of hydrogen-bond acceptors (Lipinski definition) is 5. The molecule has 0 aliphatic carbocycles. The van der Waals surface area contributed by atoms with Gasteiger partial charge in [0.25, 0.3) is 5.69 Å². The Kier molecular flexibility index (Phi) is 4.55. The average molecular weight is 317 g/mol. The van der Waals surface area contributed by atoms with Crippen molar-refractivity contribution in [1.29, 1.82) is 0 Å². The fourth-order valence-corrected chi connectivity index (χ4v) is 3.70. The van der Waals surface area contributed by atoms with E-state index in [0.29, 0.717) is 12.5 Å². The van der Waals surface area contributed by atoms with Crippen molar-refractivity contribution in [3.05, 3.63) is 34.1 Å². The lowest BCUT2D eigenvalue weighted by molar-refractivity contribution is -0.385. The standard InChI is InChI=1S/C12H16FN3O4S/c1-8-11(3-2-6-14-8)15-21(19,20)12-5-4-9(16(17)18)7-10(12)13/h4-5,7-8,11,14-15H,2-3,6H2,1H3. The lowest BCUT2D eigenvalue weighted by Crippen LogP contribution is -2.51. The molecular weight excluding hydrogens is 301 g/mol. The Hall–Kier alpha value is -1.58. The first kappa shape index (κ1) is 15.8. The number of piperidine rings is 1. The van der Waals surface area contributed by atoms with Gasteiger partial charge in [-0.1, -0.05) is 0 Å². The van der Waals surface area contributed by atoms with Crippen LogP contribution in [0.5, 0.6) is 0 Å². The summed E-state index contributed by atoms with van der Waals surface area (Å²) in [6, 6.07) is 2.10. The average Bonchev–Trinajstić information content (AvgIpc) is 2.40. The summed E-state index contributed by atoms with van der Waals surface area (Å²) in [4.78, 5) is 9.18. The number of rotatable bonds is 4. The first-order chi connectivity index (χ1) is 9.81. The zero-order valence-electron chi connectivity index (χ0n) is 11.4. The van der Waals surface area contributed by atoms with E-state index >= 15 is 0 Å². The number of halogens is 1. The predicted molar refractivity (Wildman–Crippen MR) is 73.9 cm³/mol. The second-order valence-corrected chi connectivity index (χ2v) is 6.67. The van der Waals surface area contributed by atoms with Crippen LogP contribution >= 0.6 is 0 Å². The van der Waals surface area contributed by atoms with Gasteiger partial charge in [0.2, 0.25) is 10.0 Å². The number of non-ortho nitro benzene ring substituents is 1. The molecule has 0 aromatic heterocycles. The van der Waals surface area contributed by atoms with Gasteiger partial charge in [-0.2, -0.15) is 0 Å². The Bertz CT molecular complexity index is 650.